The van der Waals surface area contributed by atoms with Gasteiger partial charge in [0.25, 0.3) is 0 Å². The molecular formula is C11H7F2N3OS2. The predicted octanol–water partition coefficient (Wildman–Crippen LogP) is 2.59. The van der Waals surface area contributed by atoms with Gasteiger partial charge in [0.05, 0.1) is 5.75 Å². The van der Waals surface area contributed by atoms with Crippen LogP contribution in [0.2, 0.25) is 0 Å². The number of halogens is 2. The van der Waals surface area contributed by atoms with Crippen LogP contribution in [-0.2, 0) is 4.79 Å². The molecule has 1 aromatic carbocycles. The molecule has 98 valence electrons. The number of nitrogens with zero attached hydrogens (tertiary/aromatic N) is 3. The number of carbonyl (C=O) groups excluding carboxylic acids is 1. The minimum Gasteiger partial charge on any atom is -0.273 e. The molecule has 1 amide bonds. The van der Waals surface area contributed by atoms with Gasteiger partial charge in [-0.15, -0.1) is 22.0 Å². The first kappa shape index (κ1) is 12.5. The van der Waals surface area contributed by atoms with E-state index in [0.29, 0.717) is 10.7 Å². The Morgan fingerprint density at radius 2 is 2.16 bits per heavy atom. The normalized spacial score (nSPS) is 19.2. The van der Waals surface area contributed by atoms with Gasteiger partial charge >= 0.3 is 0 Å². The van der Waals surface area contributed by atoms with Crippen molar-refractivity contribution >= 4 is 34.1 Å². The van der Waals surface area contributed by atoms with Crippen molar-refractivity contribution in [2.45, 2.75) is 5.37 Å². The Morgan fingerprint density at radius 1 is 1.32 bits per heavy atom. The first-order chi connectivity index (χ1) is 9.16. The molecule has 1 fully saturated rings. The average molecular weight is 299 g/mol. The third-order valence-electron chi connectivity index (χ3n) is 2.65. The summed E-state index contributed by atoms with van der Waals surface area (Å²) in [7, 11) is 0. The molecule has 3 rings (SSSR count). The fraction of sp³-hybridized carbons (Fsp3) is 0.182. The first-order valence-electron chi connectivity index (χ1n) is 5.31. The smallest absolute Gasteiger partial charge is 0.240 e. The number of thioether (sulfide) groups is 1. The van der Waals surface area contributed by atoms with Gasteiger partial charge in [-0.1, -0.05) is 17.4 Å². The summed E-state index contributed by atoms with van der Waals surface area (Å²) in [5, 5.41) is 7.62. The van der Waals surface area contributed by atoms with E-state index in [1.807, 2.05) is 0 Å². The number of hydrogen-bond donors (Lipinski definition) is 0. The van der Waals surface area contributed by atoms with Crippen molar-refractivity contribution in [3.8, 4) is 0 Å². The summed E-state index contributed by atoms with van der Waals surface area (Å²) >= 11 is 2.58. The highest BCUT2D eigenvalue weighted by Gasteiger charge is 2.36. The lowest BCUT2D eigenvalue weighted by molar-refractivity contribution is -0.115. The van der Waals surface area contributed by atoms with Gasteiger partial charge in [-0.25, -0.2) is 8.78 Å². The third-order valence-corrected chi connectivity index (χ3v) is 4.55. The Labute approximate surface area is 115 Å². The molecule has 1 atom stereocenters. The molecular weight excluding hydrogens is 292 g/mol. The molecule has 2 heterocycles. The number of benzene rings is 1. The zero-order valence-electron chi connectivity index (χ0n) is 9.42. The van der Waals surface area contributed by atoms with Crippen LogP contribution in [-0.4, -0.2) is 21.9 Å². The van der Waals surface area contributed by atoms with Crippen LogP contribution >= 0.6 is 23.1 Å². The second-order valence-corrected chi connectivity index (χ2v) is 5.70. The van der Waals surface area contributed by atoms with Crippen LogP contribution in [0.15, 0.2) is 23.7 Å². The number of hydrogen-bond acceptors (Lipinski definition) is 5. The lowest BCUT2D eigenvalue weighted by Crippen LogP contribution is -2.27. The third kappa shape index (κ3) is 2.21. The molecule has 19 heavy (non-hydrogen) atoms. The van der Waals surface area contributed by atoms with Crippen molar-refractivity contribution in [1.82, 2.24) is 10.2 Å². The van der Waals surface area contributed by atoms with Crippen LogP contribution in [0.5, 0.6) is 0 Å². The molecule has 0 radical (unpaired) electrons. The van der Waals surface area contributed by atoms with Gasteiger partial charge in [0.15, 0.2) is 11.6 Å². The molecule has 1 saturated heterocycles. The van der Waals surface area contributed by atoms with Crippen LogP contribution in [0.1, 0.15) is 10.9 Å². The molecule has 0 aliphatic carbocycles. The van der Waals surface area contributed by atoms with Crippen molar-refractivity contribution < 1.29 is 13.6 Å². The van der Waals surface area contributed by atoms with E-state index in [-0.39, 0.29) is 11.7 Å². The van der Waals surface area contributed by atoms with Gasteiger partial charge < -0.3 is 0 Å². The van der Waals surface area contributed by atoms with Crippen LogP contribution in [0.25, 0.3) is 0 Å². The van der Waals surface area contributed by atoms with Crippen LogP contribution < -0.4 is 4.90 Å². The van der Waals surface area contributed by atoms with E-state index in [1.54, 1.807) is 0 Å². The van der Waals surface area contributed by atoms with E-state index in [1.165, 1.54) is 39.6 Å². The van der Waals surface area contributed by atoms with Gasteiger partial charge in [0.1, 0.15) is 10.9 Å². The molecule has 2 aromatic rings. The summed E-state index contributed by atoms with van der Waals surface area (Å²) in [6.07, 6.45) is 0. The van der Waals surface area contributed by atoms with Gasteiger partial charge in [-0.05, 0) is 17.7 Å². The van der Waals surface area contributed by atoms with Gasteiger partial charge in [-0.2, -0.15) is 0 Å². The van der Waals surface area contributed by atoms with E-state index in [4.69, 9.17) is 0 Å². The Bertz CT molecular complexity index is 620. The summed E-state index contributed by atoms with van der Waals surface area (Å²) in [5.41, 5.74) is 2.05. The zero-order chi connectivity index (χ0) is 13.4. The molecule has 8 heteroatoms. The number of anilines is 1. The van der Waals surface area contributed by atoms with Crippen molar-refractivity contribution in [3.63, 3.8) is 0 Å². The van der Waals surface area contributed by atoms with E-state index in [9.17, 15) is 13.6 Å². The van der Waals surface area contributed by atoms with Crippen LogP contribution in [0.4, 0.5) is 13.9 Å². The van der Waals surface area contributed by atoms with Gasteiger partial charge in [0.2, 0.25) is 11.0 Å². The Morgan fingerprint density at radius 3 is 2.84 bits per heavy atom. The topological polar surface area (TPSA) is 46.1 Å². The molecule has 1 aromatic heterocycles. The largest absolute Gasteiger partial charge is 0.273 e. The number of carbonyl (C=O) groups is 1. The lowest BCUT2D eigenvalue weighted by atomic mass is 10.2. The highest BCUT2D eigenvalue weighted by atomic mass is 32.2. The standard InChI is InChI=1S/C11H7F2N3OS2/c12-7-2-1-6(3-8(7)13)10-16(9(17)4-18-10)11-15-14-5-19-11/h1-3,5,10H,4H2/t10-/m1/s1. The summed E-state index contributed by atoms with van der Waals surface area (Å²) in [6, 6.07) is 3.65. The average Bonchev–Trinajstić information content (AvgIpc) is 3.01. The summed E-state index contributed by atoms with van der Waals surface area (Å²) in [6.45, 7) is 0. The molecule has 0 spiro atoms. The second kappa shape index (κ2) is 4.86. The van der Waals surface area contributed by atoms with Crippen molar-refractivity contribution in [1.29, 1.82) is 0 Å². The minimum absolute atomic E-state index is 0.114. The quantitative estimate of drug-likeness (QED) is 0.855. The van der Waals surface area contributed by atoms with Crippen molar-refractivity contribution in [2.75, 3.05) is 10.7 Å². The molecule has 0 saturated carbocycles. The molecule has 0 bridgehead atoms. The fourth-order valence-electron chi connectivity index (χ4n) is 1.82. The van der Waals surface area contributed by atoms with Crippen molar-refractivity contribution in [3.05, 3.63) is 40.9 Å². The predicted molar refractivity (Wildman–Crippen MR) is 69.0 cm³/mol. The Balaban J connectivity index is 1.99. The second-order valence-electron chi connectivity index (χ2n) is 3.82. The maximum absolute atomic E-state index is 13.3. The lowest BCUT2D eigenvalue weighted by Gasteiger charge is -2.20. The van der Waals surface area contributed by atoms with E-state index in [2.05, 4.69) is 10.2 Å². The SMILES string of the molecule is O=C1CS[C@H](c2ccc(F)c(F)c2)N1c1nncs1. The molecule has 1 aliphatic rings. The molecule has 4 nitrogen and oxygen atoms in total. The van der Waals surface area contributed by atoms with E-state index < -0.39 is 17.0 Å². The summed E-state index contributed by atoms with van der Waals surface area (Å²) in [5.74, 6) is -1.66. The highest BCUT2D eigenvalue weighted by molar-refractivity contribution is 8.00. The van der Waals surface area contributed by atoms with Crippen LogP contribution in [0, 0.1) is 11.6 Å². The van der Waals surface area contributed by atoms with Crippen molar-refractivity contribution in [2.24, 2.45) is 0 Å². The Hall–Kier alpha value is -1.54. The highest BCUT2D eigenvalue weighted by Crippen LogP contribution is 2.42. The van der Waals surface area contributed by atoms with E-state index >= 15 is 0 Å². The molecule has 0 N–H and O–H groups in total. The number of rotatable bonds is 2. The van der Waals surface area contributed by atoms with E-state index in [0.717, 1.165) is 12.1 Å². The van der Waals surface area contributed by atoms with Gasteiger partial charge in [0, 0.05) is 0 Å². The minimum atomic E-state index is -0.922. The Kier molecular flexibility index (Phi) is 3.19. The maximum Gasteiger partial charge on any atom is 0.240 e. The molecule has 0 unspecified atom stereocenters. The first-order valence-corrected chi connectivity index (χ1v) is 7.24. The fourth-order valence-corrected chi connectivity index (χ4v) is 3.63. The summed E-state index contributed by atoms with van der Waals surface area (Å²) in [4.78, 5) is 13.4. The maximum atomic E-state index is 13.3. The molecule has 1 aliphatic heterocycles. The monoisotopic (exact) mass is 299 g/mol. The zero-order valence-corrected chi connectivity index (χ0v) is 11.0. The number of amides is 1. The van der Waals surface area contributed by atoms with Crippen LogP contribution in [0.3, 0.4) is 0 Å². The van der Waals surface area contributed by atoms with Gasteiger partial charge in [-0.3, -0.25) is 9.69 Å². The number of aromatic nitrogens is 2. The summed E-state index contributed by atoms with van der Waals surface area (Å²) < 4.78 is 26.2.